The van der Waals surface area contributed by atoms with Crippen LogP contribution in [0.15, 0.2) is 34.5 Å². The van der Waals surface area contributed by atoms with Crippen LogP contribution in [0.2, 0.25) is 0 Å². The van der Waals surface area contributed by atoms with Crippen molar-refractivity contribution in [1.82, 2.24) is 0 Å². The van der Waals surface area contributed by atoms with Crippen molar-refractivity contribution in [3.05, 3.63) is 45.6 Å². The van der Waals surface area contributed by atoms with E-state index in [4.69, 9.17) is 4.74 Å². The molecule has 0 fully saturated rings. The summed E-state index contributed by atoms with van der Waals surface area (Å²) in [6.07, 6.45) is 2.35. The fourth-order valence-electron chi connectivity index (χ4n) is 1.86. The van der Waals surface area contributed by atoms with Crippen LogP contribution in [-0.4, -0.2) is 5.78 Å². The molecule has 0 spiro atoms. The molecule has 0 aliphatic heterocycles. The number of ether oxygens (including phenoxy) is 1. The second-order valence-electron chi connectivity index (χ2n) is 4.23. The van der Waals surface area contributed by atoms with Crippen molar-refractivity contribution in [2.24, 2.45) is 0 Å². The van der Waals surface area contributed by atoms with Crippen molar-refractivity contribution >= 4 is 21.7 Å². The van der Waals surface area contributed by atoms with Gasteiger partial charge in [-0.05, 0) is 40.4 Å². The highest BCUT2D eigenvalue weighted by atomic mass is 79.9. The molecule has 1 aromatic carbocycles. The van der Waals surface area contributed by atoms with Crippen molar-refractivity contribution < 1.29 is 9.53 Å². The van der Waals surface area contributed by atoms with Crippen LogP contribution >= 0.6 is 15.9 Å². The first-order valence-corrected chi connectivity index (χ1v) is 6.57. The molecule has 0 saturated heterocycles. The molecule has 0 heterocycles. The standard InChI is InChI=1S/C14H15BrO2/c1-10-5-2-3-6-11(10)9-17-13-8-4-7-12(16)14(13)15/h2-3,5-6H,4,7-9H2,1H3. The lowest BCUT2D eigenvalue weighted by Crippen LogP contribution is -2.09. The zero-order valence-electron chi connectivity index (χ0n) is 9.83. The van der Waals surface area contributed by atoms with E-state index in [-0.39, 0.29) is 5.78 Å². The summed E-state index contributed by atoms with van der Waals surface area (Å²) in [6, 6.07) is 8.13. The number of ketones is 1. The summed E-state index contributed by atoms with van der Waals surface area (Å²) in [5.74, 6) is 0.945. The van der Waals surface area contributed by atoms with Crippen LogP contribution in [0.25, 0.3) is 0 Å². The monoisotopic (exact) mass is 294 g/mol. The van der Waals surface area contributed by atoms with Crippen LogP contribution in [-0.2, 0) is 16.1 Å². The number of carbonyl (C=O) groups is 1. The van der Waals surface area contributed by atoms with Gasteiger partial charge in [0.15, 0.2) is 5.78 Å². The third-order valence-corrected chi connectivity index (χ3v) is 3.84. The Hall–Kier alpha value is -1.09. The molecule has 17 heavy (non-hydrogen) atoms. The van der Waals surface area contributed by atoms with E-state index in [2.05, 4.69) is 35.0 Å². The van der Waals surface area contributed by atoms with E-state index < -0.39 is 0 Å². The van der Waals surface area contributed by atoms with Crippen LogP contribution in [0.5, 0.6) is 0 Å². The number of aryl methyl sites for hydroxylation is 1. The predicted molar refractivity (Wildman–Crippen MR) is 70.8 cm³/mol. The molecule has 0 saturated carbocycles. The molecular formula is C14H15BrO2. The minimum absolute atomic E-state index is 0.149. The van der Waals surface area contributed by atoms with Gasteiger partial charge in [0.1, 0.15) is 12.4 Å². The molecule has 2 nitrogen and oxygen atoms in total. The summed E-state index contributed by atoms with van der Waals surface area (Å²) >= 11 is 3.32. The molecule has 90 valence electrons. The third-order valence-electron chi connectivity index (χ3n) is 2.96. The lowest BCUT2D eigenvalue weighted by atomic mass is 10.0. The van der Waals surface area contributed by atoms with Crippen molar-refractivity contribution in [2.45, 2.75) is 32.8 Å². The Morgan fingerprint density at radius 3 is 2.82 bits per heavy atom. The van der Waals surface area contributed by atoms with E-state index >= 15 is 0 Å². The zero-order chi connectivity index (χ0) is 12.3. The largest absolute Gasteiger partial charge is 0.492 e. The fourth-order valence-corrected chi connectivity index (χ4v) is 2.37. The summed E-state index contributed by atoms with van der Waals surface area (Å²) in [7, 11) is 0. The minimum atomic E-state index is 0.149. The lowest BCUT2D eigenvalue weighted by Gasteiger charge is -2.17. The third kappa shape index (κ3) is 2.97. The van der Waals surface area contributed by atoms with Gasteiger partial charge in [0.25, 0.3) is 0 Å². The van der Waals surface area contributed by atoms with Crippen LogP contribution < -0.4 is 0 Å². The molecule has 2 rings (SSSR count). The Kier molecular flexibility index (Phi) is 4.00. The van der Waals surface area contributed by atoms with Crippen molar-refractivity contribution in [3.63, 3.8) is 0 Å². The van der Waals surface area contributed by atoms with Crippen molar-refractivity contribution in [2.75, 3.05) is 0 Å². The molecule has 0 N–H and O–H groups in total. The van der Waals surface area contributed by atoms with Gasteiger partial charge in [0.2, 0.25) is 0 Å². The minimum Gasteiger partial charge on any atom is -0.492 e. The van der Waals surface area contributed by atoms with E-state index in [0.29, 0.717) is 17.5 Å². The number of allylic oxidation sites excluding steroid dienone is 2. The first-order valence-electron chi connectivity index (χ1n) is 5.77. The molecule has 0 atom stereocenters. The highest BCUT2D eigenvalue weighted by Crippen LogP contribution is 2.28. The quantitative estimate of drug-likeness (QED) is 0.846. The lowest BCUT2D eigenvalue weighted by molar-refractivity contribution is -0.115. The molecule has 1 aliphatic carbocycles. The van der Waals surface area contributed by atoms with Gasteiger partial charge in [-0.15, -0.1) is 0 Å². The Morgan fingerprint density at radius 1 is 1.29 bits per heavy atom. The average Bonchev–Trinajstić information content (AvgIpc) is 2.33. The topological polar surface area (TPSA) is 26.3 Å². The van der Waals surface area contributed by atoms with Gasteiger partial charge in [-0.2, -0.15) is 0 Å². The van der Waals surface area contributed by atoms with Gasteiger partial charge in [-0.3, -0.25) is 4.79 Å². The van der Waals surface area contributed by atoms with Gasteiger partial charge >= 0.3 is 0 Å². The Balaban J connectivity index is 2.06. The first kappa shape index (κ1) is 12.4. The van der Waals surface area contributed by atoms with Crippen LogP contribution in [0.3, 0.4) is 0 Å². The highest BCUT2D eigenvalue weighted by molar-refractivity contribution is 9.12. The number of benzene rings is 1. The number of rotatable bonds is 3. The molecule has 0 unspecified atom stereocenters. The maximum atomic E-state index is 11.5. The van der Waals surface area contributed by atoms with Gasteiger partial charge < -0.3 is 4.74 Å². The van der Waals surface area contributed by atoms with Crippen LogP contribution in [0.1, 0.15) is 30.4 Å². The Bertz CT molecular complexity index is 463. The van der Waals surface area contributed by atoms with E-state index in [1.807, 2.05) is 12.1 Å². The molecule has 3 heteroatoms. The fraction of sp³-hybridized carbons (Fsp3) is 0.357. The van der Waals surface area contributed by atoms with Gasteiger partial charge in [0, 0.05) is 12.8 Å². The van der Waals surface area contributed by atoms with Gasteiger partial charge in [-0.25, -0.2) is 0 Å². The zero-order valence-corrected chi connectivity index (χ0v) is 11.4. The van der Waals surface area contributed by atoms with Gasteiger partial charge in [-0.1, -0.05) is 24.3 Å². The van der Waals surface area contributed by atoms with Crippen molar-refractivity contribution in [1.29, 1.82) is 0 Å². The van der Waals surface area contributed by atoms with Gasteiger partial charge in [0.05, 0.1) is 4.48 Å². The average molecular weight is 295 g/mol. The number of hydrogen-bond donors (Lipinski definition) is 0. The number of halogens is 1. The van der Waals surface area contributed by atoms with Crippen LogP contribution in [0.4, 0.5) is 0 Å². The number of carbonyl (C=O) groups excluding carboxylic acids is 1. The van der Waals surface area contributed by atoms with E-state index in [1.54, 1.807) is 0 Å². The maximum Gasteiger partial charge on any atom is 0.173 e. The number of hydrogen-bond acceptors (Lipinski definition) is 2. The summed E-state index contributed by atoms with van der Waals surface area (Å²) in [5, 5.41) is 0. The molecule has 1 aromatic rings. The van der Waals surface area contributed by atoms with E-state index in [9.17, 15) is 4.79 Å². The maximum absolute atomic E-state index is 11.5. The summed E-state index contributed by atoms with van der Waals surface area (Å²) in [4.78, 5) is 11.5. The number of Topliss-reactive ketones (excluding diaryl/α,β-unsaturated/α-hetero) is 1. The van der Waals surface area contributed by atoms with Crippen LogP contribution in [0, 0.1) is 6.92 Å². The Morgan fingerprint density at radius 2 is 2.06 bits per heavy atom. The molecule has 0 bridgehead atoms. The molecule has 0 radical (unpaired) electrons. The normalized spacial score (nSPS) is 16.2. The molecule has 0 amide bonds. The SMILES string of the molecule is Cc1ccccc1COC1=C(Br)C(=O)CCC1. The summed E-state index contributed by atoms with van der Waals surface area (Å²) in [6.45, 7) is 2.60. The summed E-state index contributed by atoms with van der Waals surface area (Å²) < 4.78 is 6.37. The smallest absolute Gasteiger partial charge is 0.173 e. The molecular weight excluding hydrogens is 280 g/mol. The molecule has 0 aromatic heterocycles. The van der Waals surface area contributed by atoms with E-state index in [1.165, 1.54) is 11.1 Å². The highest BCUT2D eigenvalue weighted by Gasteiger charge is 2.19. The Labute approximate surface area is 110 Å². The second kappa shape index (κ2) is 5.50. The first-order chi connectivity index (χ1) is 8.18. The predicted octanol–water partition coefficient (Wildman–Crippen LogP) is 3.87. The second-order valence-corrected chi connectivity index (χ2v) is 5.02. The van der Waals surface area contributed by atoms with E-state index in [0.717, 1.165) is 18.6 Å². The van der Waals surface area contributed by atoms with Crippen molar-refractivity contribution in [3.8, 4) is 0 Å². The molecule has 1 aliphatic rings. The summed E-state index contributed by atoms with van der Waals surface area (Å²) in [5.41, 5.74) is 2.38.